The summed E-state index contributed by atoms with van der Waals surface area (Å²) < 4.78 is 88.3. The highest BCUT2D eigenvalue weighted by Gasteiger charge is 2.64. The van der Waals surface area contributed by atoms with E-state index in [-0.39, 0.29) is 30.0 Å². The second-order valence-corrected chi connectivity index (χ2v) is 8.89. The number of amides is 1. The monoisotopic (exact) mass is 513 g/mol. The van der Waals surface area contributed by atoms with Crippen LogP contribution in [0.2, 0.25) is 0 Å². The fourth-order valence-electron chi connectivity index (χ4n) is 4.48. The maximum atomic E-state index is 14.1. The predicted molar refractivity (Wildman–Crippen MR) is 116 cm³/mol. The van der Waals surface area contributed by atoms with Gasteiger partial charge in [-0.15, -0.1) is 0 Å². The number of carbonyl (C=O) groups is 1. The van der Waals surface area contributed by atoms with Crippen molar-refractivity contribution in [3.8, 4) is 11.5 Å². The Balaban J connectivity index is 1.63. The van der Waals surface area contributed by atoms with Crippen molar-refractivity contribution < 1.29 is 40.8 Å². The Morgan fingerprint density at radius 2 is 1.69 bits per heavy atom. The summed E-state index contributed by atoms with van der Waals surface area (Å²) in [6.45, 7) is 1.60. The van der Waals surface area contributed by atoms with Gasteiger partial charge in [-0.1, -0.05) is 29.8 Å². The van der Waals surface area contributed by atoms with Gasteiger partial charge in [0.05, 0.1) is 5.56 Å². The first-order chi connectivity index (χ1) is 16.8. The van der Waals surface area contributed by atoms with Crippen molar-refractivity contribution in [2.75, 3.05) is 5.32 Å². The van der Waals surface area contributed by atoms with Crippen molar-refractivity contribution in [3.63, 3.8) is 0 Å². The van der Waals surface area contributed by atoms with Gasteiger partial charge in [0.25, 0.3) is 11.8 Å². The fourth-order valence-corrected chi connectivity index (χ4v) is 4.48. The maximum Gasteiger partial charge on any atom is 0.426 e. The van der Waals surface area contributed by atoms with Crippen LogP contribution >= 0.6 is 0 Å². The second kappa shape index (κ2) is 8.91. The first kappa shape index (κ1) is 25.7. The molecule has 4 rings (SSSR count). The molecule has 3 aromatic rings. The van der Waals surface area contributed by atoms with Crippen LogP contribution in [0.15, 0.2) is 53.1 Å². The summed E-state index contributed by atoms with van der Waals surface area (Å²) in [6.07, 6.45) is -11.2. The average Bonchev–Trinajstić information content (AvgIpc) is 3.21. The molecule has 36 heavy (non-hydrogen) atoms. The standard InChI is InChI=1S/C24H21F6N3O3/c1-14-31-19(36-33-14)15-7-9-16(10-8-15)32-20(34)22(35,24(28,29)30)13-21(11-4-12-21)17-5-2-3-6-18(17)23(25,26)27/h2-3,5-10,35H,4,11-13H2,1H3,(H,32,34). The van der Waals surface area contributed by atoms with Gasteiger partial charge in [0, 0.05) is 17.7 Å². The SMILES string of the molecule is Cc1noc(-c2ccc(NC(=O)C(O)(CC3(c4ccccc4C(F)(F)F)CCC3)C(F)(F)F)cc2)n1. The Hall–Kier alpha value is -3.41. The summed E-state index contributed by atoms with van der Waals surface area (Å²) in [5, 5.41) is 16.4. The van der Waals surface area contributed by atoms with E-state index >= 15 is 0 Å². The molecule has 1 aliphatic carbocycles. The number of rotatable bonds is 6. The number of carbonyl (C=O) groups excluding carboxylic acids is 1. The molecule has 1 amide bonds. The number of nitrogens with one attached hydrogen (secondary N) is 1. The number of alkyl halides is 6. The molecule has 0 bridgehead atoms. The smallest absolute Gasteiger partial charge is 0.373 e. The molecule has 1 fully saturated rings. The van der Waals surface area contributed by atoms with E-state index in [2.05, 4.69) is 10.1 Å². The molecule has 1 saturated carbocycles. The highest BCUT2D eigenvalue weighted by molar-refractivity contribution is 5.98. The van der Waals surface area contributed by atoms with Crippen LogP contribution in [0.3, 0.4) is 0 Å². The maximum absolute atomic E-state index is 14.1. The van der Waals surface area contributed by atoms with Gasteiger partial charge in [-0.3, -0.25) is 4.79 Å². The quantitative estimate of drug-likeness (QED) is 0.407. The van der Waals surface area contributed by atoms with E-state index in [0.29, 0.717) is 17.8 Å². The first-order valence-electron chi connectivity index (χ1n) is 10.9. The number of aromatic nitrogens is 2. The Morgan fingerprint density at radius 1 is 1.06 bits per heavy atom. The molecular weight excluding hydrogens is 492 g/mol. The minimum atomic E-state index is -5.45. The lowest BCUT2D eigenvalue weighted by Gasteiger charge is -2.47. The molecule has 1 aliphatic rings. The van der Waals surface area contributed by atoms with Crippen LogP contribution < -0.4 is 5.32 Å². The first-order valence-corrected chi connectivity index (χ1v) is 10.9. The van der Waals surface area contributed by atoms with Crippen molar-refractivity contribution in [1.82, 2.24) is 10.1 Å². The van der Waals surface area contributed by atoms with Gasteiger partial charge in [0.15, 0.2) is 5.82 Å². The summed E-state index contributed by atoms with van der Waals surface area (Å²) in [4.78, 5) is 16.8. The van der Waals surface area contributed by atoms with Crippen molar-refractivity contribution >= 4 is 11.6 Å². The number of benzene rings is 2. The lowest BCUT2D eigenvalue weighted by molar-refractivity contribution is -0.257. The van der Waals surface area contributed by atoms with E-state index in [4.69, 9.17) is 4.52 Å². The summed E-state index contributed by atoms with van der Waals surface area (Å²) >= 11 is 0. The molecule has 1 unspecified atom stereocenters. The number of aliphatic hydroxyl groups is 1. The zero-order chi connectivity index (χ0) is 26.4. The van der Waals surface area contributed by atoms with Crippen LogP contribution in [0, 0.1) is 6.92 Å². The summed E-state index contributed by atoms with van der Waals surface area (Å²) in [5.41, 5.74) is -6.68. The Kier molecular flexibility index (Phi) is 6.36. The molecule has 12 heteroatoms. The molecule has 0 spiro atoms. The molecule has 2 aromatic carbocycles. The molecule has 0 aliphatic heterocycles. The van der Waals surface area contributed by atoms with E-state index in [9.17, 15) is 36.2 Å². The fraction of sp³-hybridized carbons (Fsp3) is 0.375. The van der Waals surface area contributed by atoms with Crippen molar-refractivity contribution in [3.05, 3.63) is 65.5 Å². The summed E-state index contributed by atoms with van der Waals surface area (Å²) in [7, 11) is 0. The van der Waals surface area contributed by atoms with Gasteiger partial charge < -0.3 is 14.9 Å². The zero-order valence-corrected chi connectivity index (χ0v) is 18.9. The van der Waals surface area contributed by atoms with Gasteiger partial charge in [-0.05, 0) is 61.1 Å². The van der Waals surface area contributed by atoms with Crippen LogP contribution in [0.25, 0.3) is 11.5 Å². The van der Waals surface area contributed by atoms with Crippen LogP contribution in [0.4, 0.5) is 32.0 Å². The predicted octanol–water partition coefficient (Wildman–Crippen LogP) is 5.81. The Labute approximate surface area is 201 Å². The van der Waals surface area contributed by atoms with Crippen LogP contribution in [0.1, 0.15) is 42.6 Å². The molecule has 1 heterocycles. The van der Waals surface area contributed by atoms with Crippen LogP contribution in [0.5, 0.6) is 0 Å². The second-order valence-electron chi connectivity index (χ2n) is 8.89. The van der Waals surface area contributed by atoms with Gasteiger partial charge in [-0.25, -0.2) is 0 Å². The lowest BCUT2D eigenvalue weighted by atomic mass is 9.58. The minimum absolute atomic E-state index is 0.0376. The number of halogens is 6. The number of nitrogens with zero attached hydrogens (tertiary/aromatic N) is 2. The van der Waals surface area contributed by atoms with E-state index in [0.717, 1.165) is 18.2 Å². The largest absolute Gasteiger partial charge is 0.426 e. The third-order valence-electron chi connectivity index (χ3n) is 6.47. The third kappa shape index (κ3) is 4.69. The van der Waals surface area contributed by atoms with E-state index in [1.807, 2.05) is 5.32 Å². The molecule has 2 N–H and O–H groups in total. The molecular formula is C24H21F6N3O3. The molecule has 192 valence electrons. The molecule has 1 atom stereocenters. The number of hydrogen-bond acceptors (Lipinski definition) is 5. The Bertz CT molecular complexity index is 1250. The van der Waals surface area contributed by atoms with Crippen LogP contribution in [-0.2, 0) is 16.4 Å². The highest BCUT2D eigenvalue weighted by Crippen LogP contribution is 2.54. The molecule has 6 nitrogen and oxygen atoms in total. The number of aryl methyl sites for hydroxylation is 1. The van der Waals surface area contributed by atoms with E-state index in [1.165, 1.54) is 30.3 Å². The van der Waals surface area contributed by atoms with E-state index < -0.39 is 41.3 Å². The topological polar surface area (TPSA) is 88.2 Å². The molecule has 1 aromatic heterocycles. The van der Waals surface area contributed by atoms with Crippen molar-refractivity contribution in [2.45, 2.75) is 56.0 Å². The number of anilines is 1. The highest BCUT2D eigenvalue weighted by atomic mass is 19.4. The average molecular weight is 513 g/mol. The zero-order valence-electron chi connectivity index (χ0n) is 18.9. The van der Waals surface area contributed by atoms with Gasteiger partial charge >= 0.3 is 12.4 Å². The third-order valence-corrected chi connectivity index (χ3v) is 6.47. The van der Waals surface area contributed by atoms with Gasteiger partial charge in [0.1, 0.15) is 0 Å². The van der Waals surface area contributed by atoms with Crippen molar-refractivity contribution in [1.29, 1.82) is 0 Å². The normalized spacial score (nSPS) is 17.2. The minimum Gasteiger partial charge on any atom is -0.373 e. The van der Waals surface area contributed by atoms with E-state index in [1.54, 1.807) is 6.92 Å². The lowest BCUT2D eigenvalue weighted by Crippen LogP contribution is -2.59. The Morgan fingerprint density at radius 3 is 2.19 bits per heavy atom. The van der Waals surface area contributed by atoms with Crippen LogP contribution in [-0.4, -0.2) is 32.9 Å². The van der Waals surface area contributed by atoms with Gasteiger partial charge in [-0.2, -0.15) is 31.3 Å². The van der Waals surface area contributed by atoms with Gasteiger partial charge in [0.2, 0.25) is 5.60 Å². The summed E-state index contributed by atoms with van der Waals surface area (Å²) in [6, 6.07) is 9.72. The summed E-state index contributed by atoms with van der Waals surface area (Å²) in [5.74, 6) is -1.26. The van der Waals surface area contributed by atoms with Crippen molar-refractivity contribution in [2.24, 2.45) is 0 Å². The molecule has 0 radical (unpaired) electrons. The number of hydrogen-bond donors (Lipinski definition) is 2. The molecule has 0 saturated heterocycles.